The Balaban J connectivity index is 0.00000133. The third-order valence-electron chi connectivity index (χ3n) is 4.13. The van der Waals surface area contributed by atoms with E-state index in [0.717, 1.165) is 38.9 Å². The van der Waals surface area contributed by atoms with Crippen LogP contribution in [-0.4, -0.2) is 30.4 Å². The Morgan fingerprint density at radius 1 is 1.21 bits per heavy atom. The van der Waals surface area contributed by atoms with Gasteiger partial charge < -0.3 is 10.2 Å². The highest BCUT2D eigenvalue weighted by atomic mass is 35.5. The van der Waals surface area contributed by atoms with Crippen molar-refractivity contribution in [2.75, 3.05) is 19.6 Å². The van der Waals surface area contributed by atoms with E-state index in [1.807, 2.05) is 6.07 Å². The van der Waals surface area contributed by atoms with Crippen molar-refractivity contribution in [3.63, 3.8) is 0 Å². The van der Waals surface area contributed by atoms with Gasteiger partial charge in [0.15, 0.2) is 0 Å². The first-order chi connectivity index (χ1) is 8.86. The van der Waals surface area contributed by atoms with Gasteiger partial charge in [-0.05, 0) is 31.4 Å². The number of likely N-dealkylation sites (tertiary alicyclic amines) is 1. The van der Waals surface area contributed by atoms with Crippen molar-refractivity contribution < 1.29 is 4.79 Å². The molecule has 0 aromatic heterocycles. The van der Waals surface area contributed by atoms with Crippen LogP contribution < -0.4 is 5.32 Å². The second kappa shape index (κ2) is 6.40. The number of rotatable bonds is 2. The Hall–Kier alpha value is -1.06. The lowest BCUT2D eigenvalue weighted by atomic mass is 10.0. The van der Waals surface area contributed by atoms with Crippen LogP contribution in [0.4, 0.5) is 0 Å². The molecule has 1 N–H and O–H groups in total. The molecule has 19 heavy (non-hydrogen) atoms. The monoisotopic (exact) mass is 280 g/mol. The molecule has 1 amide bonds. The Labute approximate surface area is 120 Å². The van der Waals surface area contributed by atoms with Gasteiger partial charge in [-0.3, -0.25) is 4.79 Å². The molecule has 2 fully saturated rings. The van der Waals surface area contributed by atoms with Crippen LogP contribution in [0.1, 0.15) is 30.9 Å². The Kier molecular flexibility index (Phi) is 4.83. The number of nitrogens with zero attached hydrogens (tertiary/aromatic N) is 1. The molecular weight excluding hydrogens is 260 g/mol. The minimum atomic E-state index is 0. The van der Waals surface area contributed by atoms with Gasteiger partial charge in [0.25, 0.3) is 0 Å². The Morgan fingerprint density at radius 2 is 2.00 bits per heavy atom. The van der Waals surface area contributed by atoms with Crippen LogP contribution in [0.15, 0.2) is 30.3 Å². The average Bonchev–Trinajstić information content (AvgIpc) is 3.10. The normalized spacial score (nSPS) is 26.2. The van der Waals surface area contributed by atoms with Crippen LogP contribution in [0.2, 0.25) is 0 Å². The zero-order chi connectivity index (χ0) is 12.4. The van der Waals surface area contributed by atoms with E-state index in [-0.39, 0.29) is 18.3 Å². The van der Waals surface area contributed by atoms with Gasteiger partial charge in [0.05, 0.1) is 12.0 Å². The Bertz CT molecular complexity index is 417. The maximum absolute atomic E-state index is 12.5. The van der Waals surface area contributed by atoms with Gasteiger partial charge in [-0.2, -0.15) is 0 Å². The topological polar surface area (TPSA) is 32.3 Å². The number of carbonyl (C=O) groups is 1. The SMILES string of the molecule is Cl.O=C(C1CCNC1)N1CCCC1c1ccccc1. The minimum Gasteiger partial charge on any atom is -0.335 e. The van der Waals surface area contributed by atoms with Crippen molar-refractivity contribution in [2.24, 2.45) is 5.92 Å². The zero-order valence-electron chi connectivity index (χ0n) is 11.0. The summed E-state index contributed by atoms with van der Waals surface area (Å²) in [7, 11) is 0. The van der Waals surface area contributed by atoms with Crippen molar-refractivity contribution in [3.05, 3.63) is 35.9 Å². The molecule has 0 spiro atoms. The number of carbonyl (C=O) groups excluding carboxylic acids is 1. The summed E-state index contributed by atoms with van der Waals surface area (Å²) >= 11 is 0. The highest BCUT2D eigenvalue weighted by Gasteiger charge is 2.34. The molecule has 2 saturated heterocycles. The van der Waals surface area contributed by atoms with E-state index < -0.39 is 0 Å². The van der Waals surface area contributed by atoms with Gasteiger partial charge in [0.2, 0.25) is 5.91 Å². The summed E-state index contributed by atoms with van der Waals surface area (Å²) in [6.07, 6.45) is 3.23. The highest BCUT2D eigenvalue weighted by molar-refractivity contribution is 5.85. The Morgan fingerprint density at radius 3 is 2.68 bits per heavy atom. The number of benzene rings is 1. The smallest absolute Gasteiger partial charge is 0.227 e. The van der Waals surface area contributed by atoms with E-state index >= 15 is 0 Å². The van der Waals surface area contributed by atoms with Crippen LogP contribution in [0.25, 0.3) is 0 Å². The number of hydrogen-bond acceptors (Lipinski definition) is 2. The summed E-state index contributed by atoms with van der Waals surface area (Å²) in [4.78, 5) is 14.6. The van der Waals surface area contributed by atoms with Gasteiger partial charge in [-0.25, -0.2) is 0 Å². The van der Waals surface area contributed by atoms with E-state index in [2.05, 4.69) is 34.5 Å². The van der Waals surface area contributed by atoms with Crippen LogP contribution >= 0.6 is 12.4 Å². The van der Waals surface area contributed by atoms with E-state index in [0.29, 0.717) is 11.9 Å². The number of amides is 1. The molecule has 0 radical (unpaired) electrons. The zero-order valence-corrected chi connectivity index (χ0v) is 11.9. The summed E-state index contributed by atoms with van der Waals surface area (Å²) in [6, 6.07) is 10.7. The summed E-state index contributed by atoms with van der Waals surface area (Å²) in [5.41, 5.74) is 1.29. The summed E-state index contributed by atoms with van der Waals surface area (Å²) < 4.78 is 0. The van der Waals surface area contributed by atoms with E-state index in [1.54, 1.807) is 0 Å². The predicted octanol–water partition coefficient (Wildman–Crippen LogP) is 2.38. The summed E-state index contributed by atoms with van der Waals surface area (Å²) in [6.45, 7) is 2.77. The average molecular weight is 281 g/mol. The van der Waals surface area contributed by atoms with Gasteiger partial charge in [-0.15, -0.1) is 12.4 Å². The molecular formula is C15H21ClN2O. The molecule has 1 aromatic rings. The number of nitrogens with one attached hydrogen (secondary N) is 1. The van der Waals surface area contributed by atoms with Crippen molar-refractivity contribution in [1.82, 2.24) is 10.2 Å². The molecule has 0 saturated carbocycles. The number of halogens is 1. The van der Waals surface area contributed by atoms with Crippen LogP contribution in [0.3, 0.4) is 0 Å². The fraction of sp³-hybridized carbons (Fsp3) is 0.533. The quantitative estimate of drug-likeness (QED) is 0.902. The molecule has 2 atom stereocenters. The lowest BCUT2D eigenvalue weighted by molar-refractivity contribution is -0.135. The fourth-order valence-corrected chi connectivity index (χ4v) is 3.15. The third kappa shape index (κ3) is 2.93. The van der Waals surface area contributed by atoms with Crippen molar-refractivity contribution in [3.8, 4) is 0 Å². The molecule has 0 aliphatic carbocycles. The van der Waals surface area contributed by atoms with E-state index in [1.165, 1.54) is 5.56 Å². The maximum atomic E-state index is 12.5. The lowest BCUT2D eigenvalue weighted by Gasteiger charge is -2.27. The van der Waals surface area contributed by atoms with Crippen molar-refractivity contribution >= 4 is 18.3 Å². The van der Waals surface area contributed by atoms with Crippen LogP contribution in [0.5, 0.6) is 0 Å². The van der Waals surface area contributed by atoms with Gasteiger partial charge in [0.1, 0.15) is 0 Å². The van der Waals surface area contributed by atoms with Gasteiger partial charge in [0, 0.05) is 13.1 Å². The van der Waals surface area contributed by atoms with Gasteiger partial charge in [-0.1, -0.05) is 30.3 Å². The summed E-state index contributed by atoms with van der Waals surface area (Å²) in [5, 5.41) is 3.28. The van der Waals surface area contributed by atoms with Crippen molar-refractivity contribution in [1.29, 1.82) is 0 Å². The molecule has 0 bridgehead atoms. The van der Waals surface area contributed by atoms with Crippen LogP contribution in [0, 0.1) is 5.92 Å². The maximum Gasteiger partial charge on any atom is 0.227 e. The fourth-order valence-electron chi connectivity index (χ4n) is 3.15. The first kappa shape index (κ1) is 14.4. The molecule has 3 rings (SSSR count). The second-order valence-corrected chi connectivity index (χ2v) is 5.29. The molecule has 104 valence electrons. The van der Waals surface area contributed by atoms with Crippen molar-refractivity contribution in [2.45, 2.75) is 25.3 Å². The van der Waals surface area contributed by atoms with E-state index in [9.17, 15) is 4.79 Å². The lowest BCUT2D eigenvalue weighted by Crippen LogP contribution is -2.36. The highest BCUT2D eigenvalue weighted by Crippen LogP contribution is 2.33. The molecule has 1 aromatic carbocycles. The van der Waals surface area contributed by atoms with Crippen LogP contribution in [-0.2, 0) is 4.79 Å². The molecule has 2 heterocycles. The second-order valence-electron chi connectivity index (χ2n) is 5.29. The molecule has 2 unspecified atom stereocenters. The molecule has 3 nitrogen and oxygen atoms in total. The standard InChI is InChI=1S/C15H20N2O.ClH/c18-15(13-8-9-16-11-13)17-10-4-7-14(17)12-5-2-1-3-6-12;/h1-3,5-6,13-14,16H,4,7-11H2;1H. The third-order valence-corrected chi connectivity index (χ3v) is 4.13. The predicted molar refractivity (Wildman–Crippen MR) is 78.4 cm³/mol. The molecule has 2 aliphatic heterocycles. The number of hydrogen-bond donors (Lipinski definition) is 1. The molecule has 2 aliphatic rings. The minimum absolute atomic E-state index is 0. The largest absolute Gasteiger partial charge is 0.335 e. The first-order valence-corrected chi connectivity index (χ1v) is 6.92. The summed E-state index contributed by atoms with van der Waals surface area (Å²) in [5.74, 6) is 0.556. The van der Waals surface area contributed by atoms with E-state index in [4.69, 9.17) is 0 Å². The molecule has 4 heteroatoms. The van der Waals surface area contributed by atoms with Gasteiger partial charge >= 0.3 is 0 Å². The first-order valence-electron chi connectivity index (χ1n) is 6.92.